The van der Waals surface area contributed by atoms with Crippen molar-refractivity contribution in [2.75, 3.05) is 33.0 Å². The Morgan fingerprint density at radius 2 is 1.38 bits per heavy atom. The van der Waals surface area contributed by atoms with E-state index in [4.69, 9.17) is 18.9 Å². The molecule has 0 radical (unpaired) electrons. The molecule has 0 aromatic heterocycles. The molecule has 0 saturated heterocycles. The number of hydrogen-bond donors (Lipinski definition) is 0. The van der Waals surface area contributed by atoms with Gasteiger partial charge in [0.15, 0.2) is 0 Å². The van der Waals surface area contributed by atoms with Gasteiger partial charge in [0, 0.05) is 19.8 Å². The Morgan fingerprint density at radius 1 is 0.769 bits per heavy atom. The third-order valence-corrected chi connectivity index (χ3v) is 1.29. The maximum Gasteiger partial charge on any atom is 0.271 e. The van der Waals surface area contributed by atoms with E-state index in [0.717, 1.165) is 0 Å². The molecule has 0 aliphatic carbocycles. The summed E-state index contributed by atoms with van der Waals surface area (Å²) in [6, 6.07) is 0. The second kappa shape index (κ2) is 9.92. The summed E-state index contributed by atoms with van der Waals surface area (Å²) < 4.78 is 20.7. The highest BCUT2D eigenvalue weighted by Crippen LogP contribution is 1.97. The maximum absolute atomic E-state index is 5.26. The summed E-state index contributed by atoms with van der Waals surface area (Å²) in [5, 5.41) is 0. The summed E-state index contributed by atoms with van der Waals surface area (Å²) in [6.07, 6.45) is 0. The van der Waals surface area contributed by atoms with E-state index in [2.05, 4.69) is 0 Å². The quantitative estimate of drug-likeness (QED) is 0.408. The molecule has 0 spiro atoms. The minimum Gasteiger partial charge on any atom is -0.379 e. The largest absolute Gasteiger partial charge is 0.379 e. The lowest BCUT2D eigenvalue weighted by atomic mass is 10.7. The van der Waals surface area contributed by atoms with Crippen molar-refractivity contribution in [2.45, 2.75) is 27.2 Å². The van der Waals surface area contributed by atoms with Crippen LogP contribution in [0.5, 0.6) is 0 Å². The molecule has 13 heavy (non-hydrogen) atoms. The van der Waals surface area contributed by atoms with Gasteiger partial charge in [-0.15, -0.1) is 0 Å². The molecule has 0 aromatic carbocycles. The molecule has 0 unspecified atom stereocenters. The molecule has 0 heterocycles. The van der Waals surface area contributed by atoms with Crippen molar-refractivity contribution in [1.82, 2.24) is 0 Å². The van der Waals surface area contributed by atoms with E-state index in [9.17, 15) is 0 Å². The highest BCUT2D eigenvalue weighted by molar-refractivity contribution is 4.30. The molecular formula is C9H20O4. The van der Waals surface area contributed by atoms with Gasteiger partial charge in [0.05, 0.1) is 13.2 Å². The lowest BCUT2D eigenvalue weighted by Gasteiger charge is -2.16. The van der Waals surface area contributed by atoms with Gasteiger partial charge >= 0.3 is 0 Å². The topological polar surface area (TPSA) is 36.9 Å². The third kappa shape index (κ3) is 8.18. The number of rotatable bonds is 9. The zero-order valence-corrected chi connectivity index (χ0v) is 8.75. The van der Waals surface area contributed by atoms with E-state index in [-0.39, 0.29) is 0 Å². The zero-order chi connectivity index (χ0) is 9.94. The molecule has 0 aliphatic heterocycles. The molecule has 0 saturated carbocycles. The normalized spacial score (nSPS) is 11.1. The smallest absolute Gasteiger partial charge is 0.271 e. The van der Waals surface area contributed by atoms with Gasteiger partial charge in [0.1, 0.15) is 0 Å². The van der Waals surface area contributed by atoms with Gasteiger partial charge in [-0.3, -0.25) is 0 Å². The summed E-state index contributed by atoms with van der Waals surface area (Å²) in [4.78, 5) is 0. The van der Waals surface area contributed by atoms with Crippen LogP contribution >= 0.6 is 0 Å². The van der Waals surface area contributed by atoms with Crippen LogP contribution in [-0.4, -0.2) is 39.5 Å². The van der Waals surface area contributed by atoms with Gasteiger partial charge < -0.3 is 18.9 Å². The minimum atomic E-state index is -0.546. The van der Waals surface area contributed by atoms with Crippen molar-refractivity contribution >= 4 is 0 Å². The molecule has 0 aliphatic rings. The van der Waals surface area contributed by atoms with Crippen LogP contribution in [0.15, 0.2) is 0 Å². The monoisotopic (exact) mass is 192 g/mol. The number of hydrogen-bond acceptors (Lipinski definition) is 4. The summed E-state index contributed by atoms with van der Waals surface area (Å²) in [7, 11) is 0. The molecule has 4 heteroatoms. The van der Waals surface area contributed by atoms with Crippen molar-refractivity contribution in [3.8, 4) is 0 Å². The second-order valence-electron chi connectivity index (χ2n) is 2.27. The molecule has 0 rings (SSSR count). The van der Waals surface area contributed by atoms with Gasteiger partial charge in [-0.1, -0.05) is 0 Å². The fraction of sp³-hybridized carbons (Fsp3) is 1.00. The third-order valence-electron chi connectivity index (χ3n) is 1.29. The first-order chi connectivity index (χ1) is 6.35. The van der Waals surface area contributed by atoms with E-state index in [1.807, 2.05) is 20.8 Å². The average molecular weight is 192 g/mol. The Labute approximate surface area is 80.1 Å². The van der Waals surface area contributed by atoms with Crippen molar-refractivity contribution in [1.29, 1.82) is 0 Å². The molecule has 0 N–H and O–H groups in total. The van der Waals surface area contributed by atoms with Gasteiger partial charge in [0.25, 0.3) is 6.48 Å². The van der Waals surface area contributed by atoms with Gasteiger partial charge in [-0.05, 0) is 20.8 Å². The van der Waals surface area contributed by atoms with Crippen molar-refractivity contribution in [2.24, 2.45) is 0 Å². The van der Waals surface area contributed by atoms with Crippen LogP contribution < -0.4 is 0 Å². The summed E-state index contributed by atoms with van der Waals surface area (Å²) in [6.45, 7) is 8.15. The Balaban J connectivity index is 3.33. The van der Waals surface area contributed by atoms with E-state index in [1.54, 1.807) is 0 Å². The average Bonchev–Trinajstić information content (AvgIpc) is 2.13. The standard InChI is InChI=1S/C9H20O4/c1-4-10-7-8-13-9(11-5-2)12-6-3/h9H,4-8H2,1-3H3. The lowest BCUT2D eigenvalue weighted by molar-refractivity contribution is -0.287. The van der Waals surface area contributed by atoms with E-state index >= 15 is 0 Å². The van der Waals surface area contributed by atoms with Crippen LogP contribution in [0.2, 0.25) is 0 Å². The van der Waals surface area contributed by atoms with Crippen molar-refractivity contribution in [3.05, 3.63) is 0 Å². The van der Waals surface area contributed by atoms with Crippen LogP contribution in [-0.2, 0) is 18.9 Å². The Bertz CT molecular complexity index is 91.6. The molecule has 0 amide bonds. The van der Waals surface area contributed by atoms with Gasteiger partial charge in [-0.2, -0.15) is 0 Å². The Kier molecular flexibility index (Phi) is 9.80. The van der Waals surface area contributed by atoms with Gasteiger partial charge in [0.2, 0.25) is 0 Å². The van der Waals surface area contributed by atoms with Crippen LogP contribution in [0, 0.1) is 0 Å². The molecule has 0 atom stereocenters. The summed E-state index contributed by atoms with van der Waals surface area (Å²) >= 11 is 0. The summed E-state index contributed by atoms with van der Waals surface area (Å²) in [5.41, 5.74) is 0. The van der Waals surface area contributed by atoms with Crippen LogP contribution in [0.1, 0.15) is 20.8 Å². The first-order valence-corrected chi connectivity index (χ1v) is 4.77. The molecule has 80 valence electrons. The van der Waals surface area contributed by atoms with E-state index in [0.29, 0.717) is 33.0 Å². The second-order valence-corrected chi connectivity index (χ2v) is 2.27. The molecule has 4 nitrogen and oxygen atoms in total. The predicted octanol–water partition coefficient (Wildman–Crippen LogP) is 1.40. The predicted molar refractivity (Wildman–Crippen MR) is 49.5 cm³/mol. The Morgan fingerprint density at radius 3 is 1.85 bits per heavy atom. The number of ether oxygens (including phenoxy) is 4. The molecular weight excluding hydrogens is 172 g/mol. The Hall–Kier alpha value is -0.160. The van der Waals surface area contributed by atoms with Crippen molar-refractivity contribution < 1.29 is 18.9 Å². The van der Waals surface area contributed by atoms with Crippen molar-refractivity contribution in [3.63, 3.8) is 0 Å². The molecule has 0 aromatic rings. The van der Waals surface area contributed by atoms with E-state index in [1.165, 1.54) is 0 Å². The first kappa shape index (κ1) is 12.8. The summed E-state index contributed by atoms with van der Waals surface area (Å²) in [5.74, 6) is 0. The minimum absolute atomic E-state index is 0.499. The fourth-order valence-electron chi connectivity index (χ4n) is 0.764. The van der Waals surface area contributed by atoms with E-state index < -0.39 is 6.48 Å². The van der Waals surface area contributed by atoms with Crippen LogP contribution in [0.25, 0.3) is 0 Å². The molecule has 0 fully saturated rings. The van der Waals surface area contributed by atoms with Gasteiger partial charge in [-0.25, -0.2) is 0 Å². The fourth-order valence-corrected chi connectivity index (χ4v) is 0.764. The maximum atomic E-state index is 5.26. The SMILES string of the molecule is CCOCCOC(OCC)OCC. The molecule has 0 bridgehead atoms. The lowest BCUT2D eigenvalue weighted by Crippen LogP contribution is -2.23. The highest BCUT2D eigenvalue weighted by atomic mass is 16.8. The highest BCUT2D eigenvalue weighted by Gasteiger charge is 2.06. The van der Waals surface area contributed by atoms with Crippen LogP contribution in [0.4, 0.5) is 0 Å². The zero-order valence-electron chi connectivity index (χ0n) is 8.75. The van der Waals surface area contributed by atoms with Crippen LogP contribution in [0.3, 0.4) is 0 Å². The first-order valence-electron chi connectivity index (χ1n) is 4.77.